The van der Waals surface area contributed by atoms with Crippen molar-refractivity contribution < 1.29 is 4.79 Å². The van der Waals surface area contributed by atoms with Crippen LogP contribution in [0.15, 0.2) is 30.3 Å². The van der Waals surface area contributed by atoms with Crippen molar-refractivity contribution >= 4 is 11.6 Å². The van der Waals surface area contributed by atoms with E-state index in [4.69, 9.17) is 5.73 Å². The molecule has 80 valence electrons. The summed E-state index contributed by atoms with van der Waals surface area (Å²) in [5.74, 6) is 0.148. The molecule has 1 aromatic carbocycles. The number of rotatable bonds is 3. The monoisotopic (exact) mass is 205 g/mol. The van der Waals surface area contributed by atoms with Crippen molar-refractivity contribution in [1.29, 1.82) is 0 Å². The lowest BCUT2D eigenvalue weighted by Gasteiger charge is -2.27. The van der Waals surface area contributed by atoms with Gasteiger partial charge in [0.25, 0.3) is 0 Å². The molecule has 0 radical (unpaired) electrons. The van der Waals surface area contributed by atoms with Gasteiger partial charge in [-0.25, -0.2) is 10.0 Å². The minimum absolute atomic E-state index is 0.148. The van der Waals surface area contributed by atoms with E-state index >= 15 is 0 Å². The van der Waals surface area contributed by atoms with Gasteiger partial charge in [-0.2, -0.15) is 0 Å². The average Bonchev–Trinajstić information content (AvgIpc) is 2.62. The second-order valence-electron chi connectivity index (χ2n) is 3.53. The van der Waals surface area contributed by atoms with Gasteiger partial charge in [-0.05, 0) is 12.1 Å². The van der Waals surface area contributed by atoms with Crippen LogP contribution < -0.4 is 10.7 Å². The fourth-order valence-electron chi connectivity index (χ4n) is 1.83. The zero-order valence-corrected chi connectivity index (χ0v) is 8.60. The predicted octanol–water partition coefficient (Wildman–Crippen LogP) is 0.599. The lowest BCUT2D eigenvalue weighted by molar-refractivity contribution is -0.118. The van der Waals surface area contributed by atoms with Gasteiger partial charge in [0.2, 0.25) is 5.91 Å². The van der Waals surface area contributed by atoms with E-state index in [-0.39, 0.29) is 5.91 Å². The van der Waals surface area contributed by atoms with Crippen LogP contribution in [0.25, 0.3) is 0 Å². The van der Waals surface area contributed by atoms with Gasteiger partial charge < -0.3 is 5.73 Å². The standard InChI is InChI=1S/C11H15N3O/c12-7-9-13-8-6-11(15)14(13)10-4-2-1-3-5-10/h1-5H,6-9,12H2. The third kappa shape index (κ3) is 2.00. The summed E-state index contributed by atoms with van der Waals surface area (Å²) in [4.78, 5) is 11.7. The van der Waals surface area contributed by atoms with E-state index in [1.165, 1.54) is 0 Å². The van der Waals surface area contributed by atoms with Gasteiger partial charge in [0.05, 0.1) is 5.69 Å². The first kappa shape index (κ1) is 10.1. The fraction of sp³-hybridized carbons (Fsp3) is 0.364. The number of nitrogens with two attached hydrogens (primary N) is 1. The molecule has 1 amide bonds. The molecule has 4 nitrogen and oxygen atoms in total. The molecule has 0 atom stereocenters. The highest BCUT2D eigenvalue weighted by atomic mass is 16.2. The second kappa shape index (κ2) is 4.42. The molecule has 0 saturated carbocycles. The smallest absolute Gasteiger partial charge is 0.242 e. The van der Waals surface area contributed by atoms with Gasteiger partial charge in [-0.15, -0.1) is 0 Å². The zero-order chi connectivity index (χ0) is 10.7. The number of nitrogens with zero attached hydrogens (tertiary/aromatic N) is 2. The second-order valence-corrected chi connectivity index (χ2v) is 3.53. The first-order valence-electron chi connectivity index (χ1n) is 5.16. The van der Waals surface area contributed by atoms with Gasteiger partial charge in [-0.1, -0.05) is 18.2 Å². The minimum Gasteiger partial charge on any atom is -0.329 e. The Kier molecular flexibility index (Phi) is 2.99. The molecule has 0 aliphatic carbocycles. The van der Waals surface area contributed by atoms with E-state index in [1.54, 1.807) is 5.01 Å². The van der Waals surface area contributed by atoms with Crippen LogP contribution in [0, 0.1) is 0 Å². The highest BCUT2D eigenvalue weighted by Crippen LogP contribution is 2.21. The lowest BCUT2D eigenvalue weighted by atomic mass is 10.3. The molecular weight excluding hydrogens is 190 g/mol. The molecule has 0 unspecified atom stereocenters. The van der Waals surface area contributed by atoms with E-state index in [1.807, 2.05) is 35.3 Å². The maximum absolute atomic E-state index is 11.7. The molecule has 15 heavy (non-hydrogen) atoms. The third-order valence-electron chi connectivity index (χ3n) is 2.49. The Hall–Kier alpha value is -1.39. The number of benzene rings is 1. The first-order chi connectivity index (χ1) is 7.33. The SMILES string of the molecule is NCCN1CCC(=O)N1c1ccccc1. The summed E-state index contributed by atoms with van der Waals surface area (Å²) in [5, 5.41) is 3.73. The number of amides is 1. The summed E-state index contributed by atoms with van der Waals surface area (Å²) in [6.45, 7) is 2.06. The topological polar surface area (TPSA) is 49.6 Å². The molecule has 1 aliphatic heterocycles. The quantitative estimate of drug-likeness (QED) is 0.786. The molecule has 1 saturated heterocycles. The maximum Gasteiger partial charge on any atom is 0.242 e. The van der Waals surface area contributed by atoms with Crippen LogP contribution in [0.5, 0.6) is 0 Å². The zero-order valence-electron chi connectivity index (χ0n) is 8.60. The van der Waals surface area contributed by atoms with Crippen molar-refractivity contribution in [3.63, 3.8) is 0 Å². The van der Waals surface area contributed by atoms with Crippen molar-refractivity contribution in [1.82, 2.24) is 5.01 Å². The van der Waals surface area contributed by atoms with Gasteiger partial charge in [-0.3, -0.25) is 4.79 Å². The van der Waals surface area contributed by atoms with Crippen LogP contribution in [-0.4, -0.2) is 30.6 Å². The Labute approximate surface area is 89.2 Å². The molecule has 1 aliphatic rings. The van der Waals surface area contributed by atoms with Crippen molar-refractivity contribution in [3.8, 4) is 0 Å². The van der Waals surface area contributed by atoms with Crippen LogP contribution >= 0.6 is 0 Å². The van der Waals surface area contributed by atoms with Gasteiger partial charge in [0, 0.05) is 26.1 Å². The molecule has 1 aromatic rings. The lowest BCUT2D eigenvalue weighted by Crippen LogP contribution is -2.41. The van der Waals surface area contributed by atoms with E-state index in [0.717, 1.165) is 18.8 Å². The Morgan fingerprint density at radius 1 is 1.27 bits per heavy atom. The van der Waals surface area contributed by atoms with Crippen molar-refractivity contribution in [2.45, 2.75) is 6.42 Å². The van der Waals surface area contributed by atoms with Gasteiger partial charge in [0.1, 0.15) is 0 Å². The Morgan fingerprint density at radius 2 is 2.00 bits per heavy atom. The van der Waals surface area contributed by atoms with Crippen molar-refractivity contribution in [2.75, 3.05) is 24.6 Å². The van der Waals surface area contributed by atoms with Crippen molar-refractivity contribution in [3.05, 3.63) is 30.3 Å². The summed E-state index contributed by atoms with van der Waals surface area (Å²) < 4.78 is 0. The number of hydrogen-bond acceptors (Lipinski definition) is 3. The summed E-state index contributed by atoms with van der Waals surface area (Å²) in [6.07, 6.45) is 0.578. The van der Waals surface area contributed by atoms with Crippen molar-refractivity contribution in [2.24, 2.45) is 5.73 Å². The molecule has 1 heterocycles. The van der Waals surface area contributed by atoms with Gasteiger partial charge in [0.15, 0.2) is 0 Å². The largest absolute Gasteiger partial charge is 0.329 e. The number of carbonyl (C=O) groups excluding carboxylic acids is 1. The molecular formula is C11H15N3O. The summed E-state index contributed by atoms with van der Waals surface area (Å²) in [6, 6.07) is 9.68. The number of anilines is 1. The van der Waals surface area contributed by atoms with E-state index in [0.29, 0.717) is 13.0 Å². The van der Waals surface area contributed by atoms with E-state index in [2.05, 4.69) is 0 Å². The predicted molar refractivity (Wildman–Crippen MR) is 59.2 cm³/mol. The average molecular weight is 205 g/mol. The first-order valence-corrected chi connectivity index (χ1v) is 5.16. The van der Waals surface area contributed by atoms with E-state index in [9.17, 15) is 4.79 Å². The Balaban J connectivity index is 2.21. The number of hydrogen-bond donors (Lipinski definition) is 1. The Morgan fingerprint density at radius 3 is 2.67 bits per heavy atom. The molecule has 0 bridgehead atoms. The molecule has 4 heteroatoms. The van der Waals surface area contributed by atoms with E-state index < -0.39 is 0 Å². The molecule has 0 spiro atoms. The Bertz CT molecular complexity index is 339. The minimum atomic E-state index is 0.148. The van der Waals surface area contributed by atoms with Gasteiger partial charge >= 0.3 is 0 Å². The van der Waals surface area contributed by atoms with Crippen LogP contribution in [0.2, 0.25) is 0 Å². The summed E-state index contributed by atoms with van der Waals surface area (Å²) in [5.41, 5.74) is 6.44. The highest BCUT2D eigenvalue weighted by Gasteiger charge is 2.29. The normalized spacial score (nSPS) is 17.4. The maximum atomic E-state index is 11.7. The number of carbonyl (C=O) groups is 1. The summed E-state index contributed by atoms with van der Waals surface area (Å²) >= 11 is 0. The summed E-state index contributed by atoms with van der Waals surface area (Å²) in [7, 11) is 0. The fourth-order valence-corrected chi connectivity index (χ4v) is 1.83. The molecule has 1 fully saturated rings. The molecule has 2 N–H and O–H groups in total. The number of para-hydroxylation sites is 1. The van der Waals surface area contributed by atoms with Crippen LogP contribution in [0.4, 0.5) is 5.69 Å². The highest BCUT2D eigenvalue weighted by molar-refractivity contribution is 5.94. The van der Waals surface area contributed by atoms with Crippen LogP contribution in [0.3, 0.4) is 0 Å². The molecule has 2 rings (SSSR count). The number of hydrazine groups is 1. The van der Waals surface area contributed by atoms with Crippen LogP contribution in [0.1, 0.15) is 6.42 Å². The molecule has 0 aromatic heterocycles. The van der Waals surface area contributed by atoms with Crippen LogP contribution in [-0.2, 0) is 4.79 Å². The third-order valence-corrected chi connectivity index (χ3v) is 2.49.